The zero-order chi connectivity index (χ0) is 87.8. The van der Waals surface area contributed by atoms with E-state index >= 15 is 0 Å². The Labute approximate surface area is 711 Å². The number of aromatic nitrogens is 2. The number of ether oxygens (including phenoxy) is 7. The van der Waals surface area contributed by atoms with Crippen LogP contribution in [0.3, 0.4) is 0 Å². The first-order valence-electron chi connectivity index (χ1n) is 44.7. The molecule has 0 spiro atoms. The van der Waals surface area contributed by atoms with E-state index in [2.05, 4.69) is 152 Å². The topological polar surface area (TPSA) is 340 Å². The molecule has 5 unspecified atom stereocenters. The lowest BCUT2D eigenvalue weighted by Crippen LogP contribution is -2.63. The lowest BCUT2D eigenvalue weighted by molar-refractivity contribution is -0.190. The summed E-state index contributed by atoms with van der Waals surface area (Å²) in [7, 11) is 0. The van der Waals surface area contributed by atoms with Gasteiger partial charge >= 0.3 is 0 Å². The standard InChI is InChI=1S/C20H32O6.C10H14N2O.C10H22N2.C10H21NO4.C10H22O.C9H14N2.C9H20N2.C7H17NO.C6H15NO2/c1-17(2)15-18-3-4-19-20(16-18)26-14-12-24-10-8-22-6-5-21-7-9-23-11-13-25-19;1-8(2)12-7-10(13)9-4-3-5-11-6-9;1-10(2)11-6-9-12-7-4-3-5-8-12;1-5(2)11-8-6(3)15-7(4-12)9(13)10(8)14;1-10(2)8-6-4-3-5-7-9-11;1-8(2)11-7-9-3-5-10-6-4-9;1-9(2)10-5-8-11-6-3-4-7-11;1-4-7(9)5-8-6(2)3;1-5(2)7-3-6(9)4-8/h3-4,16-17H,5-15H2,1-2H3;3-6,8,12H,7H2,1-2H3;10-11H,3-9H2,1-2H3;5-14H,4H2,1-3H3;10-11H,3-9H2,1-2H3;3-6,8,11H,7H2,1-2H3;9-10H,3-8H2,1-2H3;6-9H,4-5H2,1-3H3;5-9H,3-4H2,1-2H3/t;;;6?,7?,8?,9-,10-;;;;;/m...1...../s1. The maximum absolute atomic E-state index is 11.4. The Balaban J connectivity index is 0. The number of aliphatic hydroxyl groups excluding tert-OH is 7. The minimum Gasteiger partial charge on any atom is -0.487 e. The molecule has 7 atom stereocenters. The highest BCUT2D eigenvalue weighted by Crippen LogP contribution is 2.30. The van der Waals surface area contributed by atoms with E-state index < -0.39 is 24.4 Å². The van der Waals surface area contributed by atoms with Crippen LogP contribution in [-0.2, 0) is 36.6 Å². The molecule has 7 rings (SSSR count). The van der Waals surface area contributed by atoms with Crippen molar-refractivity contribution < 1.29 is 73.7 Å². The Bertz CT molecular complexity index is 2580. The fraction of sp³-hybridized carbons (Fsp3) is 0.813. The third kappa shape index (κ3) is 72.2. The summed E-state index contributed by atoms with van der Waals surface area (Å²) < 4.78 is 39.1. The smallest absolute Gasteiger partial charge is 0.178 e. The number of unbranched alkanes of at least 4 members (excludes halogenated alkanes) is 4. The molecule has 6 heterocycles. The number of carbonyl (C=O) groups is 1. The van der Waals surface area contributed by atoms with E-state index in [1.165, 1.54) is 115 Å². The molecule has 3 fully saturated rings. The summed E-state index contributed by atoms with van der Waals surface area (Å²) in [6.07, 6.45) is 19.7. The van der Waals surface area contributed by atoms with Crippen molar-refractivity contribution in [2.24, 2.45) is 11.8 Å². The fourth-order valence-corrected chi connectivity index (χ4v) is 11.6. The summed E-state index contributed by atoms with van der Waals surface area (Å²) in [5.74, 6) is 3.02. The van der Waals surface area contributed by atoms with Crippen LogP contribution in [0.15, 0.2) is 67.3 Å². The Kier molecular flexibility index (Phi) is 76.6. The Morgan fingerprint density at radius 1 is 0.504 bits per heavy atom. The van der Waals surface area contributed by atoms with Crippen molar-refractivity contribution in [1.82, 2.24) is 57.0 Å². The second-order valence-corrected chi connectivity index (χ2v) is 33.4. The van der Waals surface area contributed by atoms with Gasteiger partial charge < -0.3 is 116 Å². The van der Waals surface area contributed by atoms with Crippen molar-refractivity contribution >= 4 is 5.78 Å². The van der Waals surface area contributed by atoms with Crippen LogP contribution >= 0.6 is 0 Å². The average Bonchev–Trinajstić information content (AvgIpc) is 0.839. The number of fused-ring (bicyclic) bond motifs is 1. The van der Waals surface area contributed by atoms with Crippen LogP contribution in [0, 0.1) is 11.8 Å². The van der Waals surface area contributed by atoms with E-state index in [0.29, 0.717) is 140 Å². The van der Waals surface area contributed by atoms with Crippen LogP contribution in [-0.4, -0.2) is 304 Å². The molecule has 0 amide bonds. The molecule has 686 valence electrons. The van der Waals surface area contributed by atoms with E-state index in [0.717, 1.165) is 56.3 Å². The van der Waals surface area contributed by atoms with Gasteiger partial charge in [-0.15, -0.1) is 0 Å². The Morgan fingerprint density at radius 3 is 1.43 bits per heavy atom. The molecule has 26 heteroatoms. The third-order valence-electron chi connectivity index (χ3n) is 18.3. The first kappa shape index (κ1) is 115. The van der Waals surface area contributed by atoms with Crippen molar-refractivity contribution in [3.8, 4) is 11.5 Å². The van der Waals surface area contributed by atoms with Crippen LogP contribution in [0.1, 0.15) is 237 Å². The molecule has 0 saturated carbocycles. The van der Waals surface area contributed by atoms with E-state index in [1.54, 1.807) is 24.5 Å². The number of likely N-dealkylation sites (tertiary alicyclic amines) is 2. The quantitative estimate of drug-likeness (QED) is 0.0192. The molecule has 4 aliphatic heterocycles. The van der Waals surface area contributed by atoms with Gasteiger partial charge in [0, 0.05) is 125 Å². The summed E-state index contributed by atoms with van der Waals surface area (Å²) in [5.41, 5.74) is 3.19. The molecule has 26 nitrogen and oxygen atoms in total. The summed E-state index contributed by atoms with van der Waals surface area (Å²) >= 11 is 0. The van der Waals surface area contributed by atoms with Gasteiger partial charge in [-0.1, -0.05) is 176 Å². The first-order chi connectivity index (χ1) is 55.9. The summed E-state index contributed by atoms with van der Waals surface area (Å²) in [5, 5.41) is 85.7. The number of nitrogens with one attached hydrogen (secondary N) is 7. The number of rotatable bonds is 35. The number of Topliss-reactive ketones (excluding diaryl/α,β-unsaturated/α-hetero) is 1. The summed E-state index contributed by atoms with van der Waals surface area (Å²) in [6.45, 7) is 59.7. The molecule has 3 aromatic rings. The molecule has 3 saturated heterocycles. The van der Waals surface area contributed by atoms with Crippen LogP contribution in [0.5, 0.6) is 11.5 Å². The van der Waals surface area contributed by atoms with E-state index in [9.17, 15) is 15.0 Å². The van der Waals surface area contributed by atoms with Gasteiger partial charge in [-0.25, -0.2) is 0 Å². The van der Waals surface area contributed by atoms with Gasteiger partial charge in [-0.2, -0.15) is 0 Å². The SMILES string of the molecule is CC(C)CCCCCCCO.CC(C)Cc1ccc2c(c1)OCCOCCOCCOCCOCCO2.CC(C)NC1C(C)OC(CO)[C@@H](O)[C@@H]1O.CC(C)NCC(=O)c1cccnc1.CC(C)NCC(O)CO.CC(C)NCCN1CCCC1.CC(C)NCCN1CCCCC1.CC(C)NCc1ccncc1.CCC(O)CNC(C)C. The van der Waals surface area contributed by atoms with E-state index in [4.69, 9.17) is 58.7 Å². The van der Waals surface area contributed by atoms with Crippen molar-refractivity contribution in [2.45, 2.75) is 313 Å². The van der Waals surface area contributed by atoms with Gasteiger partial charge in [0.15, 0.2) is 17.3 Å². The molecule has 0 bridgehead atoms. The zero-order valence-corrected chi connectivity index (χ0v) is 77.1. The minimum atomic E-state index is -1.04. The third-order valence-corrected chi connectivity index (χ3v) is 18.3. The number of piperidine rings is 1. The molecule has 14 N–H and O–H groups in total. The predicted octanol–water partition coefficient (Wildman–Crippen LogP) is 10.0. The molecule has 1 aromatic carbocycles. The van der Waals surface area contributed by atoms with E-state index in [-0.39, 0.29) is 43.3 Å². The molecular formula is C91H177N11O15. The monoisotopic (exact) mass is 1660 g/mol. The molecular weight excluding hydrogens is 1490 g/mol. The zero-order valence-electron chi connectivity index (χ0n) is 77.1. The number of aliphatic hydroxyl groups is 7. The number of carbonyl (C=O) groups excluding carboxylic acids is 1. The maximum atomic E-state index is 11.4. The van der Waals surface area contributed by atoms with Gasteiger partial charge in [0.25, 0.3) is 0 Å². The van der Waals surface area contributed by atoms with Crippen LogP contribution in [0.4, 0.5) is 0 Å². The normalized spacial score (nSPS) is 18.9. The lowest BCUT2D eigenvalue weighted by atomic mass is 9.93. The average molecular weight is 1670 g/mol. The van der Waals surface area contributed by atoms with Crippen molar-refractivity contribution in [2.75, 3.05) is 158 Å². The Morgan fingerprint density at radius 2 is 0.983 bits per heavy atom. The maximum Gasteiger partial charge on any atom is 0.178 e. The van der Waals surface area contributed by atoms with Crippen molar-refractivity contribution in [3.63, 3.8) is 0 Å². The largest absolute Gasteiger partial charge is 0.487 e. The van der Waals surface area contributed by atoms with Gasteiger partial charge in [0.1, 0.15) is 31.5 Å². The van der Waals surface area contributed by atoms with E-state index in [1.807, 2.05) is 86.0 Å². The molecule has 0 aliphatic carbocycles. The number of hydrogen-bond acceptors (Lipinski definition) is 26. The highest BCUT2D eigenvalue weighted by molar-refractivity contribution is 5.97. The molecule has 117 heavy (non-hydrogen) atoms. The van der Waals surface area contributed by atoms with Gasteiger partial charge in [-0.3, -0.25) is 14.8 Å². The number of pyridine rings is 2. The number of hydrogen-bond donors (Lipinski definition) is 14. The highest BCUT2D eigenvalue weighted by Gasteiger charge is 2.42. The second kappa shape index (κ2) is 78.0. The van der Waals surface area contributed by atoms with Gasteiger partial charge in [0.2, 0.25) is 0 Å². The summed E-state index contributed by atoms with van der Waals surface area (Å²) in [4.78, 5) is 24.4. The first-order valence-corrected chi connectivity index (χ1v) is 44.7. The van der Waals surface area contributed by atoms with Crippen LogP contribution in [0.25, 0.3) is 0 Å². The van der Waals surface area contributed by atoms with Crippen LogP contribution in [0.2, 0.25) is 0 Å². The predicted molar refractivity (Wildman–Crippen MR) is 480 cm³/mol. The minimum absolute atomic E-state index is 0.0850. The number of benzene rings is 1. The fourth-order valence-electron chi connectivity index (χ4n) is 11.6. The van der Waals surface area contributed by atoms with Crippen LogP contribution < -0.4 is 46.7 Å². The van der Waals surface area contributed by atoms with Gasteiger partial charge in [-0.05, 0) is 137 Å². The molecule has 2 aromatic heterocycles. The number of ketones is 1. The number of nitrogens with zero attached hydrogens (tertiary/aromatic N) is 4. The Hall–Kier alpha value is -4.05. The second-order valence-electron chi connectivity index (χ2n) is 33.4. The lowest BCUT2D eigenvalue weighted by Gasteiger charge is -2.42. The molecule has 0 radical (unpaired) electrons. The molecule has 4 aliphatic rings. The van der Waals surface area contributed by atoms with Gasteiger partial charge in [0.05, 0.1) is 97.0 Å². The summed E-state index contributed by atoms with van der Waals surface area (Å²) in [6, 6.07) is 16.6. The van der Waals surface area contributed by atoms with Crippen molar-refractivity contribution in [1.29, 1.82) is 0 Å². The van der Waals surface area contributed by atoms with Crippen molar-refractivity contribution in [3.05, 3.63) is 83.9 Å². The highest BCUT2D eigenvalue weighted by atomic mass is 16.6.